The Labute approximate surface area is 180 Å². The van der Waals surface area contributed by atoms with E-state index in [-0.39, 0.29) is 17.8 Å². The highest BCUT2D eigenvalue weighted by Gasteiger charge is 2.53. The molecule has 6 nitrogen and oxygen atoms in total. The van der Waals surface area contributed by atoms with Crippen LogP contribution in [0.4, 0.5) is 0 Å². The average Bonchev–Trinajstić information content (AvgIpc) is 2.71. The second-order valence-electron chi connectivity index (χ2n) is 7.87. The van der Waals surface area contributed by atoms with Gasteiger partial charge < -0.3 is 14.6 Å². The summed E-state index contributed by atoms with van der Waals surface area (Å²) in [5.74, 6) is 0.529. The first-order valence-electron chi connectivity index (χ1n) is 9.79. The smallest absolute Gasteiger partial charge is 0.319 e. The number of nitrogens with zero attached hydrogens (tertiary/aromatic N) is 3. The van der Waals surface area contributed by atoms with E-state index in [9.17, 15) is 5.11 Å². The predicted octanol–water partition coefficient (Wildman–Crippen LogP) is 3.92. The Hall–Kier alpha value is -1.60. The number of benzene rings is 1. The number of hydrogen-bond donors (Lipinski definition) is 1. The van der Waals surface area contributed by atoms with Gasteiger partial charge >= 0.3 is 6.01 Å². The molecule has 2 heterocycles. The fraction of sp³-hybridized carbons (Fsp3) is 0.524. The molecule has 1 aromatic heterocycles. The number of likely N-dealkylation sites (tertiary alicyclic amines) is 1. The first-order chi connectivity index (χ1) is 14.0. The van der Waals surface area contributed by atoms with Gasteiger partial charge in [0.2, 0.25) is 5.88 Å². The molecule has 29 heavy (non-hydrogen) atoms. The quantitative estimate of drug-likeness (QED) is 0.764. The Morgan fingerprint density at radius 2 is 1.86 bits per heavy atom. The van der Waals surface area contributed by atoms with E-state index in [0.717, 1.165) is 44.5 Å². The number of aromatic nitrogens is 2. The Morgan fingerprint density at radius 1 is 1.14 bits per heavy atom. The SMILES string of the molecule is COc1ncc(C2(O)[C@@H]3CCC[C@@H]2CN(Cc2ccc(Cl)c(Cl)c2)C3)c(OC)n1. The van der Waals surface area contributed by atoms with Crippen LogP contribution < -0.4 is 9.47 Å². The molecule has 1 saturated heterocycles. The molecular formula is C21H25Cl2N3O3. The molecule has 0 radical (unpaired) electrons. The lowest BCUT2D eigenvalue weighted by Gasteiger charge is -2.53. The van der Waals surface area contributed by atoms with Gasteiger partial charge in [0, 0.05) is 37.7 Å². The molecule has 1 N–H and O–H groups in total. The Bertz CT molecular complexity index is 881. The van der Waals surface area contributed by atoms with Crippen LogP contribution in [0.1, 0.15) is 30.4 Å². The highest BCUT2D eigenvalue weighted by atomic mass is 35.5. The maximum atomic E-state index is 11.9. The van der Waals surface area contributed by atoms with Crippen molar-refractivity contribution in [3.05, 3.63) is 45.6 Å². The molecule has 1 saturated carbocycles. The van der Waals surface area contributed by atoms with Crippen molar-refractivity contribution in [2.24, 2.45) is 11.8 Å². The van der Waals surface area contributed by atoms with Crippen LogP contribution >= 0.6 is 23.2 Å². The average molecular weight is 438 g/mol. The van der Waals surface area contributed by atoms with E-state index in [0.29, 0.717) is 21.5 Å². The summed E-state index contributed by atoms with van der Waals surface area (Å²) < 4.78 is 10.6. The number of hydrogen-bond acceptors (Lipinski definition) is 6. The van der Waals surface area contributed by atoms with Crippen LogP contribution in [-0.4, -0.2) is 47.3 Å². The minimum atomic E-state index is -1.01. The molecule has 1 aromatic carbocycles. The topological polar surface area (TPSA) is 67.7 Å². The molecule has 4 rings (SSSR count). The van der Waals surface area contributed by atoms with Crippen molar-refractivity contribution in [3.8, 4) is 11.9 Å². The number of rotatable bonds is 5. The van der Waals surface area contributed by atoms with Crippen LogP contribution in [0.15, 0.2) is 24.4 Å². The zero-order chi connectivity index (χ0) is 20.6. The second kappa shape index (κ2) is 8.26. The van der Waals surface area contributed by atoms with E-state index < -0.39 is 5.60 Å². The van der Waals surface area contributed by atoms with Crippen molar-refractivity contribution in [2.45, 2.75) is 31.4 Å². The molecule has 2 aliphatic rings. The van der Waals surface area contributed by atoms with Crippen molar-refractivity contribution in [1.29, 1.82) is 0 Å². The van der Waals surface area contributed by atoms with Crippen molar-refractivity contribution in [1.82, 2.24) is 14.9 Å². The molecule has 1 aliphatic heterocycles. The van der Waals surface area contributed by atoms with Gasteiger partial charge in [0.15, 0.2) is 0 Å². The van der Waals surface area contributed by atoms with Crippen LogP contribution in [0.5, 0.6) is 11.9 Å². The highest BCUT2D eigenvalue weighted by molar-refractivity contribution is 6.42. The molecule has 156 valence electrons. The van der Waals surface area contributed by atoms with Gasteiger partial charge in [-0.3, -0.25) is 4.90 Å². The predicted molar refractivity (Wildman–Crippen MR) is 112 cm³/mol. The number of aliphatic hydroxyl groups is 1. The van der Waals surface area contributed by atoms with Gasteiger partial charge in [-0.1, -0.05) is 35.7 Å². The summed E-state index contributed by atoms with van der Waals surface area (Å²) >= 11 is 12.2. The zero-order valence-electron chi connectivity index (χ0n) is 16.6. The third-order valence-electron chi connectivity index (χ3n) is 6.24. The van der Waals surface area contributed by atoms with Gasteiger partial charge in [-0.25, -0.2) is 4.98 Å². The second-order valence-corrected chi connectivity index (χ2v) is 8.69. The minimum absolute atomic E-state index is 0.0728. The Morgan fingerprint density at radius 3 is 2.48 bits per heavy atom. The van der Waals surface area contributed by atoms with Gasteiger partial charge in [-0.05, 0) is 30.5 Å². The Kier molecular flexibility index (Phi) is 5.89. The third-order valence-corrected chi connectivity index (χ3v) is 6.98. The number of methoxy groups -OCH3 is 2. The van der Waals surface area contributed by atoms with E-state index in [1.807, 2.05) is 18.2 Å². The summed E-state index contributed by atoms with van der Waals surface area (Å²) in [6.45, 7) is 2.33. The summed E-state index contributed by atoms with van der Waals surface area (Å²) in [6, 6.07) is 5.99. The van der Waals surface area contributed by atoms with E-state index in [1.165, 1.54) is 7.11 Å². The molecule has 0 amide bonds. The largest absolute Gasteiger partial charge is 0.481 e. The van der Waals surface area contributed by atoms with E-state index in [4.69, 9.17) is 32.7 Å². The van der Waals surface area contributed by atoms with Crippen molar-refractivity contribution in [2.75, 3.05) is 27.3 Å². The number of ether oxygens (including phenoxy) is 2. The van der Waals surface area contributed by atoms with Gasteiger partial charge in [0.25, 0.3) is 0 Å². The molecule has 2 bridgehead atoms. The van der Waals surface area contributed by atoms with Gasteiger partial charge in [0.1, 0.15) is 5.60 Å². The molecule has 0 unspecified atom stereocenters. The van der Waals surface area contributed by atoms with E-state index in [1.54, 1.807) is 13.3 Å². The maximum Gasteiger partial charge on any atom is 0.319 e. The third kappa shape index (κ3) is 3.79. The monoisotopic (exact) mass is 437 g/mol. The molecule has 2 aromatic rings. The summed E-state index contributed by atoms with van der Waals surface area (Å²) in [5, 5.41) is 13.0. The number of halogens is 2. The molecule has 1 aliphatic carbocycles. The summed E-state index contributed by atoms with van der Waals surface area (Å²) in [7, 11) is 3.07. The lowest BCUT2D eigenvalue weighted by Crippen LogP contribution is -2.58. The lowest BCUT2D eigenvalue weighted by molar-refractivity contribution is -0.149. The molecule has 0 spiro atoms. The molecule has 2 atom stereocenters. The van der Waals surface area contributed by atoms with Gasteiger partial charge in [-0.15, -0.1) is 0 Å². The fourth-order valence-corrected chi connectivity index (χ4v) is 5.21. The summed E-state index contributed by atoms with van der Waals surface area (Å²) in [6.07, 6.45) is 4.66. The van der Waals surface area contributed by atoms with Crippen LogP contribution in [-0.2, 0) is 12.1 Å². The number of fused-ring (bicyclic) bond motifs is 2. The minimum Gasteiger partial charge on any atom is -0.481 e. The molecule has 8 heteroatoms. The molecular weight excluding hydrogens is 413 g/mol. The fourth-order valence-electron chi connectivity index (χ4n) is 4.89. The van der Waals surface area contributed by atoms with Crippen molar-refractivity contribution in [3.63, 3.8) is 0 Å². The summed E-state index contributed by atoms with van der Waals surface area (Å²) in [4.78, 5) is 10.9. The standard InChI is InChI=1S/C21H25Cl2N3O3/c1-28-19-16(9-24-20(25-19)29-2)21(27)14-4-3-5-15(21)12-26(11-14)10-13-6-7-17(22)18(23)8-13/h6-9,14-15,27H,3-5,10-12H2,1-2H3/t14-,15-/m1/s1. The normalized spacial score (nSPS) is 26.9. The number of piperidine rings is 1. The summed E-state index contributed by atoms with van der Waals surface area (Å²) in [5.41, 5.74) is 0.766. The van der Waals surface area contributed by atoms with Gasteiger partial charge in [0.05, 0.1) is 29.8 Å². The van der Waals surface area contributed by atoms with Gasteiger partial charge in [-0.2, -0.15) is 4.98 Å². The van der Waals surface area contributed by atoms with Crippen LogP contribution in [0.25, 0.3) is 0 Å². The van der Waals surface area contributed by atoms with Crippen molar-refractivity contribution < 1.29 is 14.6 Å². The van der Waals surface area contributed by atoms with Crippen LogP contribution in [0.3, 0.4) is 0 Å². The highest BCUT2D eigenvalue weighted by Crippen LogP contribution is 2.51. The Balaban J connectivity index is 1.60. The van der Waals surface area contributed by atoms with Crippen LogP contribution in [0, 0.1) is 11.8 Å². The maximum absolute atomic E-state index is 11.9. The van der Waals surface area contributed by atoms with Crippen molar-refractivity contribution >= 4 is 23.2 Å². The van der Waals surface area contributed by atoms with E-state index in [2.05, 4.69) is 14.9 Å². The lowest BCUT2D eigenvalue weighted by atomic mass is 9.63. The molecule has 2 fully saturated rings. The van der Waals surface area contributed by atoms with Crippen LogP contribution in [0.2, 0.25) is 10.0 Å². The zero-order valence-corrected chi connectivity index (χ0v) is 18.1. The first-order valence-corrected chi connectivity index (χ1v) is 10.6. The first kappa shape index (κ1) is 20.7. The van der Waals surface area contributed by atoms with E-state index >= 15 is 0 Å².